The molecule has 1 aromatic heterocycles. The topological polar surface area (TPSA) is 127 Å². The third-order valence-electron chi connectivity index (χ3n) is 6.91. The van der Waals surface area contributed by atoms with Crippen molar-refractivity contribution in [1.29, 1.82) is 0 Å². The molecule has 1 fully saturated rings. The van der Waals surface area contributed by atoms with Crippen LogP contribution in [-0.4, -0.2) is 58.6 Å². The van der Waals surface area contributed by atoms with Crippen molar-refractivity contribution in [2.24, 2.45) is 0 Å². The van der Waals surface area contributed by atoms with Crippen molar-refractivity contribution in [3.05, 3.63) is 41.5 Å². The summed E-state index contributed by atoms with van der Waals surface area (Å²) in [6.45, 7) is 2.44. The first-order valence-electron chi connectivity index (χ1n) is 11.4. The Labute approximate surface area is 200 Å². The highest BCUT2D eigenvalue weighted by Crippen LogP contribution is 2.49. The second-order valence-electron chi connectivity index (χ2n) is 9.08. The minimum absolute atomic E-state index is 0.0282. The van der Waals surface area contributed by atoms with E-state index in [-0.39, 0.29) is 47.2 Å². The molecule has 9 nitrogen and oxygen atoms in total. The Morgan fingerprint density at radius 2 is 1.86 bits per heavy atom. The number of carbonyl (C=O) groups excluding carboxylic acids is 2. The Morgan fingerprint density at radius 3 is 2.46 bits per heavy atom. The second kappa shape index (κ2) is 8.33. The lowest BCUT2D eigenvalue weighted by Gasteiger charge is -2.43. The molecule has 0 saturated carbocycles. The second-order valence-corrected chi connectivity index (χ2v) is 9.08. The third kappa shape index (κ3) is 3.86. The van der Waals surface area contributed by atoms with Gasteiger partial charge in [-0.05, 0) is 30.3 Å². The number of likely N-dealkylation sites (tertiary alicyclic amines) is 1. The van der Waals surface area contributed by atoms with Crippen LogP contribution >= 0.6 is 0 Å². The highest BCUT2D eigenvalue weighted by Gasteiger charge is 2.45. The van der Waals surface area contributed by atoms with E-state index in [4.69, 9.17) is 13.9 Å². The standard InChI is InChI=1S/C26H25NO8/c1-14(28)27-9-7-26(8-10-27)13-20(29)19-11-17-18(12-21(30)31)23(15-3-5-16(33-2)6-4-15)34-24(17)22(32)25(19)35-26/h3-6,11,32H,7-10,12-13H2,1-2H3,(H,30,31). The maximum Gasteiger partial charge on any atom is 0.307 e. The molecule has 5 rings (SSSR count). The van der Waals surface area contributed by atoms with E-state index in [1.165, 1.54) is 6.92 Å². The van der Waals surface area contributed by atoms with Gasteiger partial charge in [-0.25, -0.2) is 0 Å². The summed E-state index contributed by atoms with van der Waals surface area (Å²) in [7, 11) is 1.54. The number of rotatable bonds is 4. The first-order valence-corrected chi connectivity index (χ1v) is 11.4. The van der Waals surface area contributed by atoms with Gasteiger partial charge in [-0.3, -0.25) is 14.4 Å². The lowest BCUT2D eigenvalue weighted by atomic mass is 9.82. The van der Waals surface area contributed by atoms with Crippen molar-refractivity contribution < 1.29 is 38.5 Å². The number of ether oxygens (including phenoxy) is 2. The molecule has 0 aliphatic carbocycles. The van der Waals surface area contributed by atoms with Crippen molar-refractivity contribution in [3.63, 3.8) is 0 Å². The lowest BCUT2D eigenvalue weighted by molar-refractivity contribution is -0.136. The van der Waals surface area contributed by atoms with Gasteiger partial charge in [0.15, 0.2) is 17.1 Å². The number of ketones is 1. The first kappa shape index (κ1) is 22.8. The average molecular weight is 479 g/mol. The number of methoxy groups -OCH3 is 1. The predicted octanol–water partition coefficient (Wildman–Crippen LogP) is 3.79. The van der Waals surface area contributed by atoms with E-state index in [1.807, 2.05) is 0 Å². The van der Waals surface area contributed by atoms with E-state index in [0.717, 1.165) is 0 Å². The zero-order chi connectivity index (χ0) is 24.9. The summed E-state index contributed by atoms with van der Waals surface area (Å²) in [5.41, 5.74) is 0.422. The molecule has 3 heterocycles. The molecular formula is C26H25NO8. The molecule has 0 atom stereocenters. The number of phenols is 1. The average Bonchev–Trinajstić information content (AvgIpc) is 3.18. The summed E-state index contributed by atoms with van der Waals surface area (Å²) < 4.78 is 17.5. The van der Waals surface area contributed by atoms with Gasteiger partial charge in [0.05, 0.1) is 25.5 Å². The number of amides is 1. The summed E-state index contributed by atoms with van der Waals surface area (Å²) >= 11 is 0. The van der Waals surface area contributed by atoms with Gasteiger partial charge in [0, 0.05) is 49.4 Å². The number of aliphatic carboxylic acids is 1. The molecule has 2 aliphatic heterocycles. The molecule has 3 aromatic rings. The quantitative estimate of drug-likeness (QED) is 0.579. The van der Waals surface area contributed by atoms with Crippen molar-refractivity contribution in [3.8, 4) is 28.6 Å². The molecule has 1 spiro atoms. The van der Waals surface area contributed by atoms with E-state index in [2.05, 4.69) is 0 Å². The molecule has 2 N–H and O–H groups in total. The fourth-order valence-electron chi connectivity index (χ4n) is 5.01. The maximum atomic E-state index is 13.2. The van der Waals surface area contributed by atoms with Crippen LogP contribution in [-0.2, 0) is 16.0 Å². The van der Waals surface area contributed by atoms with Gasteiger partial charge in [-0.1, -0.05) is 0 Å². The van der Waals surface area contributed by atoms with Crippen molar-refractivity contribution in [1.82, 2.24) is 4.90 Å². The van der Waals surface area contributed by atoms with Crippen LogP contribution in [0.4, 0.5) is 0 Å². The van der Waals surface area contributed by atoms with Crippen LogP contribution in [0.15, 0.2) is 34.7 Å². The van der Waals surface area contributed by atoms with Gasteiger partial charge in [0.25, 0.3) is 0 Å². The molecule has 0 radical (unpaired) electrons. The van der Waals surface area contributed by atoms with Crippen LogP contribution in [0.1, 0.15) is 42.1 Å². The molecule has 182 valence electrons. The smallest absolute Gasteiger partial charge is 0.307 e. The van der Waals surface area contributed by atoms with Crippen LogP contribution in [0, 0.1) is 0 Å². The number of aromatic hydroxyl groups is 1. The highest BCUT2D eigenvalue weighted by molar-refractivity contribution is 6.07. The number of carboxylic acids is 1. The molecule has 2 aliphatic rings. The summed E-state index contributed by atoms with van der Waals surface area (Å²) in [6, 6.07) is 8.47. The van der Waals surface area contributed by atoms with Crippen molar-refractivity contribution >= 4 is 28.6 Å². The molecule has 1 saturated heterocycles. The third-order valence-corrected chi connectivity index (χ3v) is 6.91. The number of hydrogen-bond acceptors (Lipinski definition) is 7. The molecule has 2 aromatic carbocycles. The Balaban J connectivity index is 1.61. The van der Waals surface area contributed by atoms with Gasteiger partial charge in [-0.15, -0.1) is 0 Å². The van der Waals surface area contributed by atoms with E-state index in [0.29, 0.717) is 54.0 Å². The number of carboxylic acid groups (broad SMARTS) is 1. The maximum absolute atomic E-state index is 13.2. The number of phenolic OH excluding ortho intramolecular Hbond substituents is 1. The number of nitrogens with zero attached hydrogens (tertiary/aromatic N) is 1. The van der Waals surface area contributed by atoms with E-state index in [9.17, 15) is 24.6 Å². The van der Waals surface area contributed by atoms with Crippen LogP contribution < -0.4 is 9.47 Å². The number of fused-ring (bicyclic) bond motifs is 2. The number of Topliss-reactive ketones (excluding diaryl/α,β-unsaturated/α-hetero) is 1. The Morgan fingerprint density at radius 1 is 1.17 bits per heavy atom. The fraction of sp³-hybridized carbons (Fsp3) is 0.346. The fourth-order valence-corrected chi connectivity index (χ4v) is 5.01. The minimum atomic E-state index is -1.07. The zero-order valence-electron chi connectivity index (χ0n) is 19.4. The summed E-state index contributed by atoms with van der Waals surface area (Å²) in [6.07, 6.45) is 0.699. The number of benzene rings is 2. The van der Waals surface area contributed by atoms with Crippen LogP contribution in [0.3, 0.4) is 0 Å². The number of furan rings is 1. The monoisotopic (exact) mass is 479 g/mol. The van der Waals surface area contributed by atoms with Gasteiger partial charge >= 0.3 is 5.97 Å². The Bertz CT molecular complexity index is 1350. The highest BCUT2D eigenvalue weighted by atomic mass is 16.5. The molecule has 1 amide bonds. The summed E-state index contributed by atoms with van der Waals surface area (Å²) in [5.74, 6) is -0.666. The summed E-state index contributed by atoms with van der Waals surface area (Å²) in [4.78, 5) is 38.3. The van der Waals surface area contributed by atoms with Gasteiger partial charge in [0.2, 0.25) is 11.7 Å². The predicted molar refractivity (Wildman–Crippen MR) is 125 cm³/mol. The van der Waals surface area contributed by atoms with Crippen LogP contribution in [0.25, 0.3) is 22.3 Å². The van der Waals surface area contributed by atoms with Crippen LogP contribution in [0.2, 0.25) is 0 Å². The van der Waals surface area contributed by atoms with Crippen LogP contribution in [0.5, 0.6) is 17.2 Å². The van der Waals surface area contributed by atoms with Gasteiger partial charge in [0.1, 0.15) is 17.1 Å². The first-order chi connectivity index (χ1) is 16.7. The lowest BCUT2D eigenvalue weighted by Crippen LogP contribution is -2.51. The molecule has 0 bridgehead atoms. The van der Waals surface area contributed by atoms with E-state index >= 15 is 0 Å². The Hall–Kier alpha value is -4.01. The number of carbonyl (C=O) groups is 3. The summed E-state index contributed by atoms with van der Waals surface area (Å²) in [5, 5.41) is 21.1. The Kier molecular flexibility index (Phi) is 5.42. The molecular weight excluding hydrogens is 454 g/mol. The normalized spacial score (nSPS) is 16.7. The van der Waals surface area contributed by atoms with E-state index < -0.39 is 11.6 Å². The number of hydrogen-bond donors (Lipinski definition) is 2. The molecule has 0 unspecified atom stereocenters. The number of piperidine rings is 1. The SMILES string of the molecule is COc1ccc(-c2oc3c(O)c4c(cc3c2CC(=O)O)C(=O)CC2(CCN(C(C)=O)CC2)O4)cc1. The van der Waals surface area contributed by atoms with Crippen molar-refractivity contribution in [2.75, 3.05) is 20.2 Å². The minimum Gasteiger partial charge on any atom is -0.502 e. The van der Waals surface area contributed by atoms with Gasteiger partial charge < -0.3 is 29.0 Å². The zero-order valence-corrected chi connectivity index (χ0v) is 19.4. The van der Waals surface area contributed by atoms with Crippen molar-refractivity contribution in [2.45, 2.75) is 38.2 Å². The largest absolute Gasteiger partial charge is 0.502 e. The van der Waals surface area contributed by atoms with Gasteiger partial charge in [-0.2, -0.15) is 0 Å². The van der Waals surface area contributed by atoms with E-state index in [1.54, 1.807) is 42.3 Å². The molecule has 9 heteroatoms. The molecule has 35 heavy (non-hydrogen) atoms.